The van der Waals surface area contributed by atoms with Gasteiger partial charge in [-0.1, -0.05) is 24.3 Å². The van der Waals surface area contributed by atoms with Crippen LogP contribution in [-0.2, 0) is 6.61 Å². The van der Waals surface area contributed by atoms with E-state index < -0.39 is 6.10 Å². The number of benzene rings is 2. The molecule has 2 aromatic carbocycles. The van der Waals surface area contributed by atoms with Crippen molar-refractivity contribution < 1.29 is 9.84 Å². The van der Waals surface area contributed by atoms with Crippen LogP contribution >= 0.6 is 0 Å². The monoisotopic (exact) mass is 326 g/mol. The third kappa shape index (κ3) is 3.70. The lowest BCUT2D eigenvalue weighted by molar-refractivity contribution is 0.230. The second-order valence-electron chi connectivity index (χ2n) is 5.16. The minimum atomic E-state index is -1.16. The van der Waals surface area contributed by atoms with Crippen LogP contribution in [0.4, 0.5) is 17.1 Å². The lowest BCUT2D eigenvalue weighted by Crippen LogP contribution is -2.06. The number of rotatable bonds is 7. The van der Waals surface area contributed by atoms with E-state index in [1.165, 1.54) is 0 Å². The van der Waals surface area contributed by atoms with Gasteiger partial charge in [-0.2, -0.15) is 5.26 Å². The summed E-state index contributed by atoms with van der Waals surface area (Å²) in [4.78, 5) is 0. The number of hydrogen-bond acceptors (Lipinski definition) is 6. The zero-order chi connectivity index (χ0) is 17.5. The first-order valence-electron chi connectivity index (χ1n) is 7.64. The Kier molecular flexibility index (Phi) is 5.88. The van der Waals surface area contributed by atoms with Gasteiger partial charge in [-0.15, -0.1) is 0 Å². The Labute approximate surface area is 142 Å². The third-order valence-electron chi connectivity index (χ3n) is 3.78. The molecule has 0 unspecified atom stereocenters. The number of nitrogens with one attached hydrogen (secondary N) is 3. The maximum atomic E-state index is 9.81. The van der Waals surface area contributed by atoms with Crippen LogP contribution in [0.15, 0.2) is 36.4 Å². The van der Waals surface area contributed by atoms with E-state index in [-0.39, 0.29) is 6.61 Å². The van der Waals surface area contributed by atoms with E-state index in [9.17, 15) is 5.11 Å². The molecule has 0 aliphatic carbocycles. The lowest BCUT2D eigenvalue weighted by atomic mass is 10.0. The molecule has 6 heteroatoms. The molecule has 0 bridgehead atoms. The van der Waals surface area contributed by atoms with Crippen molar-refractivity contribution in [1.29, 1.82) is 5.26 Å². The zero-order valence-electron chi connectivity index (χ0n) is 14.1. The van der Waals surface area contributed by atoms with Crippen molar-refractivity contribution in [2.24, 2.45) is 0 Å². The van der Waals surface area contributed by atoms with Crippen LogP contribution < -0.4 is 20.7 Å². The second kappa shape index (κ2) is 8.09. The van der Waals surface area contributed by atoms with Crippen LogP contribution in [0.5, 0.6) is 5.75 Å². The molecule has 0 radical (unpaired) electrons. The van der Waals surface area contributed by atoms with E-state index >= 15 is 0 Å². The third-order valence-corrected chi connectivity index (χ3v) is 3.78. The van der Waals surface area contributed by atoms with Gasteiger partial charge in [0.2, 0.25) is 0 Å². The number of ether oxygens (including phenoxy) is 1. The average molecular weight is 326 g/mol. The number of aliphatic hydroxyl groups excluding tert-OH is 1. The number of anilines is 3. The summed E-state index contributed by atoms with van der Waals surface area (Å²) < 4.78 is 5.94. The van der Waals surface area contributed by atoms with Crippen LogP contribution in [0.1, 0.15) is 17.2 Å². The van der Waals surface area contributed by atoms with Crippen molar-refractivity contribution in [3.63, 3.8) is 0 Å². The first-order valence-corrected chi connectivity index (χ1v) is 7.64. The molecule has 0 saturated carbocycles. The Morgan fingerprint density at radius 2 is 1.67 bits per heavy atom. The predicted octanol–water partition coefficient (Wildman–Crippen LogP) is 2.95. The van der Waals surface area contributed by atoms with Crippen molar-refractivity contribution in [3.05, 3.63) is 47.5 Å². The van der Waals surface area contributed by atoms with E-state index in [1.54, 1.807) is 12.1 Å². The molecule has 0 aromatic heterocycles. The van der Waals surface area contributed by atoms with E-state index in [1.807, 2.05) is 51.5 Å². The van der Waals surface area contributed by atoms with Crippen molar-refractivity contribution in [1.82, 2.24) is 0 Å². The summed E-state index contributed by atoms with van der Waals surface area (Å²) in [6.07, 6.45) is -1.16. The fraction of sp³-hybridized carbons (Fsp3) is 0.278. The van der Waals surface area contributed by atoms with Crippen molar-refractivity contribution >= 4 is 17.1 Å². The molecular formula is C18H22N4O2. The van der Waals surface area contributed by atoms with Gasteiger partial charge in [-0.25, -0.2) is 0 Å². The van der Waals surface area contributed by atoms with Gasteiger partial charge in [-0.3, -0.25) is 0 Å². The lowest BCUT2D eigenvalue weighted by Gasteiger charge is -2.17. The molecule has 0 aliphatic rings. The maximum absolute atomic E-state index is 9.81. The molecule has 126 valence electrons. The normalized spacial score (nSPS) is 11.3. The van der Waals surface area contributed by atoms with Gasteiger partial charge in [0.25, 0.3) is 0 Å². The molecule has 4 N–H and O–H groups in total. The van der Waals surface area contributed by atoms with Crippen molar-refractivity contribution in [2.75, 3.05) is 37.1 Å². The largest absolute Gasteiger partial charge is 0.487 e. The molecule has 24 heavy (non-hydrogen) atoms. The minimum Gasteiger partial charge on any atom is -0.487 e. The van der Waals surface area contributed by atoms with Gasteiger partial charge >= 0.3 is 0 Å². The fourth-order valence-corrected chi connectivity index (χ4v) is 2.47. The topological polar surface area (TPSA) is 89.3 Å². The van der Waals surface area contributed by atoms with Crippen LogP contribution in [0.3, 0.4) is 0 Å². The van der Waals surface area contributed by atoms with Crippen molar-refractivity contribution in [3.8, 4) is 11.8 Å². The molecule has 2 aromatic rings. The highest BCUT2D eigenvalue weighted by Gasteiger charge is 2.13. The van der Waals surface area contributed by atoms with E-state index in [2.05, 4.69) is 16.0 Å². The zero-order valence-corrected chi connectivity index (χ0v) is 14.1. The summed E-state index contributed by atoms with van der Waals surface area (Å²) in [5.41, 5.74) is 4.05. The number of nitriles is 1. The molecule has 1 atom stereocenters. The summed E-state index contributed by atoms with van der Waals surface area (Å²) >= 11 is 0. The Balaban J connectivity index is 2.28. The average Bonchev–Trinajstić information content (AvgIpc) is 2.65. The Bertz CT molecular complexity index is 740. The summed E-state index contributed by atoms with van der Waals surface area (Å²) in [6, 6.07) is 12.9. The molecule has 0 amide bonds. The van der Waals surface area contributed by atoms with Gasteiger partial charge in [0.15, 0.2) is 6.10 Å². The van der Waals surface area contributed by atoms with E-state index in [4.69, 9.17) is 10.00 Å². The minimum absolute atomic E-state index is 0.256. The summed E-state index contributed by atoms with van der Waals surface area (Å²) in [7, 11) is 5.53. The Morgan fingerprint density at radius 3 is 2.29 bits per heavy atom. The quantitative estimate of drug-likeness (QED) is 0.585. The predicted molar refractivity (Wildman–Crippen MR) is 96.4 cm³/mol. The first-order chi connectivity index (χ1) is 11.6. The maximum Gasteiger partial charge on any atom is 0.166 e. The van der Waals surface area contributed by atoms with Crippen molar-refractivity contribution in [2.45, 2.75) is 12.7 Å². The van der Waals surface area contributed by atoms with Crippen LogP contribution in [0.25, 0.3) is 0 Å². The molecule has 0 fully saturated rings. The number of nitrogens with zero attached hydrogens (tertiary/aromatic N) is 1. The van der Waals surface area contributed by atoms with Gasteiger partial charge in [0, 0.05) is 32.8 Å². The van der Waals surface area contributed by atoms with Gasteiger partial charge in [0.05, 0.1) is 23.1 Å². The van der Waals surface area contributed by atoms with Gasteiger partial charge in [-0.05, 0) is 11.6 Å². The molecular weight excluding hydrogens is 304 g/mol. The molecule has 0 heterocycles. The Hall–Kier alpha value is -2.91. The summed E-state index contributed by atoms with van der Waals surface area (Å²) in [6.45, 7) is 0.256. The van der Waals surface area contributed by atoms with Crippen LogP contribution in [0.2, 0.25) is 0 Å². The van der Waals surface area contributed by atoms with Crippen LogP contribution in [-0.4, -0.2) is 26.2 Å². The summed E-state index contributed by atoms with van der Waals surface area (Å²) in [5.74, 6) is 0.683. The fourth-order valence-electron chi connectivity index (χ4n) is 2.47. The second-order valence-corrected chi connectivity index (χ2v) is 5.16. The smallest absolute Gasteiger partial charge is 0.166 e. The SMILES string of the molecule is CNc1cc(NC)c(OCc2ccccc2[C@@H](O)C#N)cc1NC. The highest BCUT2D eigenvalue weighted by molar-refractivity contribution is 5.78. The van der Waals surface area contributed by atoms with E-state index in [0.717, 1.165) is 22.6 Å². The molecule has 0 saturated heterocycles. The molecule has 0 aliphatic heterocycles. The first kappa shape index (κ1) is 17.4. The highest BCUT2D eigenvalue weighted by Crippen LogP contribution is 2.35. The van der Waals surface area contributed by atoms with Gasteiger partial charge < -0.3 is 25.8 Å². The summed E-state index contributed by atoms with van der Waals surface area (Å²) in [5, 5.41) is 28.1. The number of aliphatic hydroxyl groups is 1. The molecule has 6 nitrogen and oxygen atoms in total. The molecule has 2 rings (SSSR count). The standard InChI is InChI=1S/C18H22N4O2/c1-20-14-8-16(22-3)18(9-15(14)21-2)24-11-12-6-4-5-7-13(12)17(23)10-19/h4-9,17,20-23H,11H2,1-3H3/t17-/m0/s1. The highest BCUT2D eigenvalue weighted by atomic mass is 16.5. The van der Waals surface area contributed by atoms with Crippen LogP contribution in [0, 0.1) is 11.3 Å². The Morgan fingerprint density at radius 1 is 1.04 bits per heavy atom. The van der Waals surface area contributed by atoms with E-state index in [0.29, 0.717) is 11.3 Å². The molecule has 0 spiro atoms. The number of hydrogen-bond donors (Lipinski definition) is 4. The van der Waals surface area contributed by atoms with Gasteiger partial charge in [0.1, 0.15) is 12.4 Å².